The average molecular weight is 343 g/mol. The second-order valence-corrected chi connectivity index (χ2v) is 5.71. The molecule has 0 unspecified atom stereocenters. The van der Waals surface area contributed by atoms with Crippen LogP contribution in [0.2, 0.25) is 0 Å². The second kappa shape index (κ2) is 6.48. The van der Waals surface area contributed by atoms with E-state index in [9.17, 15) is 4.79 Å². The van der Waals surface area contributed by atoms with Gasteiger partial charge in [0.15, 0.2) is 11.5 Å². The summed E-state index contributed by atoms with van der Waals surface area (Å²) in [6, 6.07) is 3.86. The zero-order chi connectivity index (χ0) is 14.7. The Labute approximate surface area is 127 Å². The van der Waals surface area contributed by atoms with Crippen molar-refractivity contribution >= 4 is 21.9 Å². The number of carbonyl (C=O) groups is 1. The number of benzene rings is 1. The second-order valence-electron chi connectivity index (χ2n) is 4.86. The van der Waals surface area contributed by atoms with E-state index in [1.165, 1.54) is 0 Å². The first-order chi connectivity index (χ1) is 9.60. The summed E-state index contributed by atoms with van der Waals surface area (Å²) < 4.78 is 16.6. The third kappa shape index (κ3) is 3.26. The molecule has 1 fully saturated rings. The van der Waals surface area contributed by atoms with Crippen molar-refractivity contribution < 1.29 is 19.0 Å². The summed E-state index contributed by atoms with van der Waals surface area (Å²) in [7, 11) is 3.23. The lowest BCUT2D eigenvalue weighted by molar-refractivity contribution is -0.145. The number of methoxy groups -OCH3 is 2. The van der Waals surface area contributed by atoms with Gasteiger partial charge in [-0.25, -0.2) is 0 Å². The van der Waals surface area contributed by atoms with E-state index >= 15 is 0 Å². The van der Waals surface area contributed by atoms with Crippen molar-refractivity contribution in [3.05, 3.63) is 22.2 Å². The summed E-state index contributed by atoms with van der Waals surface area (Å²) in [4.78, 5) is 11.6. The Kier molecular flexibility index (Phi) is 4.91. The largest absolute Gasteiger partial charge is 0.493 e. The quantitative estimate of drug-likeness (QED) is 0.744. The molecule has 2 atom stereocenters. The highest BCUT2D eigenvalue weighted by atomic mass is 79.9. The molecule has 0 spiro atoms. The Hall–Kier alpha value is -1.23. The summed E-state index contributed by atoms with van der Waals surface area (Å²) in [6.45, 7) is 2.28. The van der Waals surface area contributed by atoms with E-state index in [-0.39, 0.29) is 11.9 Å². The molecule has 0 aliphatic heterocycles. The van der Waals surface area contributed by atoms with Gasteiger partial charge in [-0.1, -0.05) is 15.9 Å². The van der Waals surface area contributed by atoms with Crippen LogP contribution in [0.25, 0.3) is 0 Å². The van der Waals surface area contributed by atoms with E-state index in [2.05, 4.69) is 15.9 Å². The summed E-state index contributed by atoms with van der Waals surface area (Å²) >= 11 is 3.54. The number of hydrogen-bond donors (Lipinski definition) is 0. The van der Waals surface area contributed by atoms with Gasteiger partial charge in [-0.15, -0.1) is 0 Å². The summed E-state index contributed by atoms with van der Waals surface area (Å²) in [5.74, 6) is 1.74. The van der Waals surface area contributed by atoms with Crippen LogP contribution in [0.1, 0.15) is 18.9 Å². The van der Waals surface area contributed by atoms with Crippen LogP contribution >= 0.6 is 15.9 Å². The normalized spacial score (nSPS) is 20.4. The molecule has 1 aromatic carbocycles. The minimum atomic E-state index is -0.0749. The molecule has 110 valence electrons. The Balaban J connectivity index is 2.06. The van der Waals surface area contributed by atoms with Crippen LogP contribution in [-0.2, 0) is 16.0 Å². The number of halogens is 1. The van der Waals surface area contributed by atoms with E-state index in [4.69, 9.17) is 14.2 Å². The predicted octanol–water partition coefficient (Wildman–Crippen LogP) is 3.21. The summed E-state index contributed by atoms with van der Waals surface area (Å²) in [5.41, 5.74) is 1.12. The summed E-state index contributed by atoms with van der Waals surface area (Å²) in [6.07, 6.45) is 1.74. The first kappa shape index (κ1) is 15.2. The van der Waals surface area contributed by atoms with Crippen LogP contribution in [0.5, 0.6) is 11.5 Å². The molecule has 2 rings (SSSR count). The number of rotatable bonds is 6. The lowest BCUT2D eigenvalue weighted by atomic mass is 10.1. The van der Waals surface area contributed by atoms with Crippen LogP contribution in [0, 0.1) is 11.8 Å². The molecule has 1 saturated carbocycles. The molecule has 1 aliphatic carbocycles. The topological polar surface area (TPSA) is 44.8 Å². The maximum atomic E-state index is 11.6. The smallest absolute Gasteiger partial charge is 0.309 e. The van der Waals surface area contributed by atoms with Crippen LogP contribution in [0.3, 0.4) is 0 Å². The fourth-order valence-electron chi connectivity index (χ4n) is 2.35. The van der Waals surface area contributed by atoms with Crippen LogP contribution in [0.4, 0.5) is 0 Å². The Morgan fingerprint density at radius 1 is 1.30 bits per heavy atom. The molecule has 1 aliphatic rings. The zero-order valence-corrected chi connectivity index (χ0v) is 13.5. The maximum absolute atomic E-state index is 11.6. The van der Waals surface area contributed by atoms with E-state index in [1.54, 1.807) is 14.2 Å². The van der Waals surface area contributed by atoms with E-state index in [1.807, 2.05) is 19.1 Å². The minimum absolute atomic E-state index is 0.0509. The number of ether oxygens (including phenoxy) is 3. The fraction of sp³-hybridized carbons (Fsp3) is 0.533. The highest BCUT2D eigenvalue weighted by Crippen LogP contribution is 2.44. The van der Waals surface area contributed by atoms with Gasteiger partial charge in [0.2, 0.25) is 0 Å². The van der Waals surface area contributed by atoms with Gasteiger partial charge in [0.1, 0.15) is 0 Å². The van der Waals surface area contributed by atoms with Gasteiger partial charge in [-0.3, -0.25) is 4.79 Å². The van der Waals surface area contributed by atoms with Gasteiger partial charge in [0, 0.05) is 4.47 Å². The Morgan fingerprint density at radius 3 is 2.55 bits per heavy atom. The molecule has 0 heterocycles. The first-order valence-electron chi connectivity index (χ1n) is 6.67. The Bertz CT molecular complexity index is 501. The van der Waals surface area contributed by atoms with Gasteiger partial charge in [-0.2, -0.15) is 0 Å². The fourth-order valence-corrected chi connectivity index (χ4v) is 2.83. The van der Waals surface area contributed by atoms with Gasteiger partial charge in [0.05, 0.1) is 26.7 Å². The lowest BCUT2D eigenvalue weighted by Gasteiger charge is -2.11. The standard InChI is InChI=1S/C15H19BrO4/c1-4-20-15(17)11-6-9(11)5-10-7-13(18-2)14(19-3)8-12(10)16/h7-9,11H,4-6H2,1-3H3/t9-,11+/m0/s1. The van der Waals surface area contributed by atoms with Crippen LogP contribution in [0.15, 0.2) is 16.6 Å². The molecular weight excluding hydrogens is 324 g/mol. The predicted molar refractivity (Wildman–Crippen MR) is 79.2 cm³/mol. The summed E-state index contributed by atoms with van der Waals surface area (Å²) in [5, 5.41) is 0. The van der Waals surface area contributed by atoms with Crippen molar-refractivity contribution in [1.82, 2.24) is 0 Å². The highest BCUT2D eigenvalue weighted by molar-refractivity contribution is 9.10. The molecule has 0 N–H and O–H groups in total. The minimum Gasteiger partial charge on any atom is -0.493 e. The molecule has 4 nitrogen and oxygen atoms in total. The molecule has 0 saturated heterocycles. The Morgan fingerprint density at radius 2 is 1.95 bits per heavy atom. The molecule has 20 heavy (non-hydrogen) atoms. The molecule has 0 bridgehead atoms. The van der Waals surface area contributed by atoms with Crippen molar-refractivity contribution in [3.63, 3.8) is 0 Å². The van der Waals surface area contributed by atoms with Gasteiger partial charge < -0.3 is 14.2 Å². The third-order valence-electron chi connectivity index (χ3n) is 3.55. The van der Waals surface area contributed by atoms with Crippen molar-refractivity contribution in [2.75, 3.05) is 20.8 Å². The SMILES string of the molecule is CCOC(=O)[C@@H]1C[C@@H]1Cc1cc(OC)c(OC)cc1Br. The zero-order valence-electron chi connectivity index (χ0n) is 11.9. The number of hydrogen-bond acceptors (Lipinski definition) is 4. The van der Waals surface area contributed by atoms with E-state index in [0.717, 1.165) is 22.9 Å². The van der Waals surface area contributed by atoms with Crippen molar-refractivity contribution in [3.8, 4) is 11.5 Å². The maximum Gasteiger partial charge on any atom is 0.309 e. The monoisotopic (exact) mass is 342 g/mol. The van der Waals surface area contributed by atoms with Gasteiger partial charge in [0.25, 0.3) is 0 Å². The first-order valence-corrected chi connectivity index (χ1v) is 7.47. The number of carbonyl (C=O) groups excluding carboxylic acids is 1. The molecular formula is C15H19BrO4. The van der Waals surface area contributed by atoms with Crippen molar-refractivity contribution in [2.24, 2.45) is 11.8 Å². The van der Waals surface area contributed by atoms with Crippen LogP contribution < -0.4 is 9.47 Å². The number of esters is 1. The van der Waals surface area contributed by atoms with Gasteiger partial charge in [-0.05, 0) is 43.4 Å². The van der Waals surface area contributed by atoms with Crippen molar-refractivity contribution in [2.45, 2.75) is 19.8 Å². The van der Waals surface area contributed by atoms with Gasteiger partial charge >= 0.3 is 5.97 Å². The van der Waals surface area contributed by atoms with E-state index < -0.39 is 0 Å². The van der Waals surface area contributed by atoms with Crippen LogP contribution in [-0.4, -0.2) is 26.8 Å². The van der Waals surface area contributed by atoms with Crippen molar-refractivity contribution in [1.29, 1.82) is 0 Å². The molecule has 5 heteroatoms. The molecule has 1 aromatic rings. The lowest BCUT2D eigenvalue weighted by Crippen LogP contribution is -2.08. The third-order valence-corrected chi connectivity index (χ3v) is 4.28. The molecule has 0 aromatic heterocycles. The molecule has 0 amide bonds. The molecule has 0 radical (unpaired) electrons. The highest BCUT2D eigenvalue weighted by Gasteiger charge is 2.44. The average Bonchev–Trinajstić information content (AvgIpc) is 3.20. The van der Waals surface area contributed by atoms with E-state index in [0.29, 0.717) is 24.0 Å².